The van der Waals surface area contributed by atoms with E-state index in [1.54, 1.807) is 36.4 Å². The molecule has 0 bridgehead atoms. The summed E-state index contributed by atoms with van der Waals surface area (Å²) >= 11 is 0. The predicted octanol–water partition coefficient (Wildman–Crippen LogP) is 2.51. The minimum Gasteiger partial charge on any atom is -0.425 e. The molecule has 23 heavy (non-hydrogen) atoms. The average molecular weight is 310 g/mol. The molecule has 2 aromatic carbocycles. The van der Waals surface area contributed by atoms with E-state index < -0.39 is 11.6 Å². The van der Waals surface area contributed by atoms with Crippen molar-refractivity contribution in [2.24, 2.45) is 0 Å². The zero-order valence-electron chi connectivity index (χ0n) is 12.4. The van der Waals surface area contributed by atoms with Crippen LogP contribution in [0.5, 0.6) is 5.75 Å². The van der Waals surface area contributed by atoms with Crippen LogP contribution in [-0.4, -0.2) is 17.5 Å². The van der Waals surface area contributed by atoms with Crippen LogP contribution in [0, 0.1) is 6.92 Å². The number of rotatable bonds is 4. The Bertz CT molecular complexity index is 903. The summed E-state index contributed by atoms with van der Waals surface area (Å²) in [5.41, 5.74) is 0.811. The highest BCUT2D eigenvalue weighted by atomic mass is 16.5. The van der Waals surface area contributed by atoms with Crippen molar-refractivity contribution in [2.45, 2.75) is 6.92 Å². The first kappa shape index (κ1) is 14.8. The number of ether oxygens (including phenoxy) is 1. The number of hydrogen-bond acceptors (Lipinski definition) is 6. The zero-order chi connectivity index (χ0) is 16.2. The molecule has 0 spiro atoms. The van der Waals surface area contributed by atoms with Crippen molar-refractivity contribution in [3.8, 4) is 5.75 Å². The van der Waals surface area contributed by atoms with Crippen LogP contribution < -0.4 is 15.7 Å². The summed E-state index contributed by atoms with van der Waals surface area (Å²) in [6, 6.07) is 14.0. The lowest BCUT2D eigenvalue weighted by Gasteiger charge is -2.06. The molecule has 6 heteroatoms. The molecule has 0 atom stereocenters. The molecule has 0 aliphatic heterocycles. The summed E-state index contributed by atoms with van der Waals surface area (Å²) < 4.78 is 10.2. The fourth-order valence-electron chi connectivity index (χ4n) is 2.16. The SMILES string of the molecule is Cc1cccc2nc(NCC(=O)Oc3ccccc3)oc(=O)c12. The second-order valence-corrected chi connectivity index (χ2v) is 4.92. The summed E-state index contributed by atoms with van der Waals surface area (Å²) in [6.07, 6.45) is 0. The third-order valence-corrected chi connectivity index (χ3v) is 3.23. The van der Waals surface area contributed by atoms with Crippen molar-refractivity contribution in [2.75, 3.05) is 11.9 Å². The number of carbonyl (C=O) groups is 1. The van der Waals surface area contributed by atoms with Gasteiger partial charge in [0.25, 0.3) is 6.01 Å². The summed E-state index contributed by atoms with van der Waals surface area (Å²) in [6.45, 7) is 1.65. The van der Waals surface area contributed by atoms with E-state index >= 15 is 0 Å². The second-order valence-electron chi connectivity index (χ2n) is 4.92. The lowest BCUT2D eigenvalue weighted by atomic mass is 10.1. The van der Waals surface area contributed by atoms with E-state index in [0.29, 0.717) is 16.7 Å². The van der Waals surface area contributed by atoms with Crippen molar-refractivity contribution < 1.29 is 13.9 Å². The molecular formula is C17H14N2O4. The van der Waals surface area contributed by atoms with Gasteiger partial charge in [0, 0.05) is 0 Å². The second kappa shape index (κ2) is 6.31. The van der Waals surface area contributed by atoms with Gasteiger partial charge in [-0.3, -0.25) is 0 Å². The van der Waals surface area contributed by atoms with Gasteiger partial charge in [-0.05, 0) is 30.7 Å². The maximum absolute atomic E-state index is 12.0. The van der Waals surface area contributed by atoms with Gasteiger partial charge in [0.05, 0.1) is 10.9 Å². The normalized spacial score (nSPS) is 10.5. The molecule has 0 amide bonds. The minimum atomic E-state index is -0.509. The van der Waals surface area contributed by atoms with Crippen LogP contribution in [0.25, 0.3) is 10.9 Å². The van der Waals surface area contributed by atoms with Gasteiger partial charge in [0.1, 0.15) is 12.3 Å². The van der Waals surface area contributed by atoms with E-state index in [0.717, 1.165) is 5.56 Å². The number of para-hydroxylation sites is 1. The molecule has 0 unspecified atom stereocenters. The Morgan fingerprint density at radius 1 is 1.17 bits per heavy atom. The van der Waals surface area contributed by atoms with Crippen LogP contribution in [0.1, 0.15) is 5.56 Å². The number of nitrogens with zero attached hydrogens (tertiary/aromatic N) is 1. The highest BCUT2D eigenvalue weighted by Gasteiger charge is 2.10. The number of esters is 1. The fraction of sp³-hybridized carbons (Fsp3) is 0.118. The van der Waals surface area contributed by atoms with E-state index in [1.165, 1.54) is 0 Å². The van der Waals surface area contributed by atoms with Crippen molar-refractivity contribution in [3.63, 3.8) is 0 Å². The summed E-state index contributed by atoms with van der Waals surface area (Å²) in [7, 11) is 0. The topological polar surface area (TPSA) is 81.4 Å². The highest BCUT2D eigenvalue weighted by Crippen LogP contribution is 2.14. The summed E-state index contributed by atoms with van der Waals surface area (Å²) in [5, 5.41) is 3.10. The van der Waals surface area contributed by atoms with E-state index in [4.69, 9.17) is 9.15 Å². The van der Waals surface area contributed by atoms with Crippen LogP contribution >= 0.6 is 0 Å². The van der Waals surface area contributed by atoms with Crippen molar-refractivity contribution in [1.82, 2.24) is 4.98 Å². The van der Waals surface area contributed by atoms with E-state index in [-0.39, 0.29) is 12.6 Å². The molecule has 0 aliphatic rings. The van der Waals surface area contributed by atoms with E-state index in [9.17, 15) is 9.59 Å². The van der Waals surface area contributed by atoms with Gasteiger partial charge in [-0.1, -0.05) is 30.3 Å². The molecule has 1 aromatic heterocycles. The number of aromatic nitrogens is 1. The molecule has 0 aliphatic carbocycles. The lowest BCUT2D eigenvalue weighted by Crippen LogP contribution is -2.20. The smallest absolute Gasteiger partial charge is 0.348 e. The predicted molar refractivity (Wildman–Crippen MR) is 85.6 cm³/mol. The fourth-order valence-corrected chi connectivity index (χ4v) is 2.16. The molecule has 116 valence electrons. The quantitative estimate of drug-likeness (QED) is 0.589. The number of benzene rings is 2. The number of hydrogen-bond donors (Lipinski definition) is 1. The molecule has 0 saturated carbocycles. The summed E-state index contributed by atoms with van der Waals surface area (Å²) in [4.78, 5) is 27.9. The van der Waals surface area contributed by atoms with Gasteiger partial charge in [0.15, 0.2) is 0 Å². The molecular weight excluding hydrogens is 296 g/mol. The Morgan fingerprint density at radius 3 is 2.74 bits per heavy atom. The maximum atomic E-state index is 12.0. The van der Waals surface area contributed by atoms with Gasteiger partial charge >= 0.3 is 11.6 Å². The van der Waals surface area contributed by atoms with Crippen LogP contribution in [-0.2, 0) is 4.79 Å². The molecule has 1 N–H and O–H groups in total. The summed E-state index contributed by atoms with van der Waals surface area (Å²) in [5.74, 6) is -0.0622. The third-order valence-electron chi connectivity index (χ3n) is 3.23. The van der Waals surface area contributed by atoms with Crippen LogP contribution in [0.2, 0.25) is 0 Å². The molecule has 6 nitrogen and oxygen atoms in total. The van der Waals surface area contributed by atoms with Gasteiger partial charge in [0.2, 0.25) is 0 Å². The van der Waals surface area contributed by atoms with Crippen LogP contribution in [0.4, 0.5) is 6.01 Å². The zero-order valence-corrected chi connectivity index (χ0v) is 12.4. The first-order chi connectivity index (χ1) is 11.1. The highest BCUT2D eigenvalue weighted by molar-refractivity contribution is 5.81. The van der Waals surface area contributed by atoms with Crippen molar-refractivity contribution >= 4 is 22.9 Å². The molecule has 3 aromatic rings. The Balaban J connectivity index is 1.72. The molecule has 0 saturated heterocycles. The number of aryl methyl sites for hydroxylation is 1. The van der Waals surface area contributed by atoms with E-state index in [1.807, 2.05) is 19.1 Å². The number of carbonyl (C=O) groups excluding carboxylic acids is 1. The van der Waals surface area contributed by atoms with Crippen LogP contribution in [0.15, 0.2) is 57.7 Å². The first-order valence-corrected chi connectivity index (χ1v) is 7.03. The van der Waals surface area contributed by atoms with Crippen molar-refractivity contribution in [1.29, 1.82) is 0 Å². The largest absolute Gasteiger partial charge is 0.425 e. The molecule has 3 rings (SSSR count). The van der Waals surface area contributed by atoms with Gasteiger partial charge < -0.3 is 14.5 Å². The van der Waals surface area contributed by atoms with Gasteiger partial charge in [-0.25, -0.2) is 9.59 Å². The van der Waals surface area contributed by atoms with Gasteiger partial charge in [-0.2, -0.15) is 4.98 Å². The van der Waals surface area contributed by atoms with Crippen LogP contribution in [0.3, 0.4) is 0 Å². The Morgan fingerprint density at radius 2 is 1.96 bits per heavy atom. The van der Waals surface area contributed by atoms with Crippen molar-refractivity contribution in [3.05, 3.63) is 64.5 Å². The van der Waals surface area contributed by atoms with E-state index in [2.05, 4.69) is 10.3 Å². The Hall–Kier alpha value is -3.15. The molecule has 1 heterocycles. The standard InChI is InChI=1S/C17H14N2O4/c1-11-6-5-9-13-15(11)16(21)23-17(19-13)18-10-14(20)22-12-7-3-2-4-8-12/h2-9H,10H2,1H3,(H,18,19). The van der Waals surface area contributed by atoms with Gasteiger partial charge in [-0.15, -0.1) is 0 Å². The lowest BCUT2D eigenvalue weighted by molar-refractivity contribution is -0.132. The number of nitrogens with one attached hydrogen (secondary N) is 1. The monoisotopic (exact) mass is 310 g/mol. The Labute approximate surface area is 131 Å². The Kier molecular flexibility index (Phi) is 4.05. The first-order valence-electron chi connectivity index (χ1n) is 7.03. The minimum absolute atomic E-state index is 0.0156. The molecule has 0 radical (unpaired) electrons. The number of anilines is 1. The third kappa shape index (κ3) is 3.37. The molecule has 0 fully saturated rings. The maximum Gasteiger partial charge on any atom is 0.348 e. The number of fused-ring (bicyclic) bond motifs is 1. The average Bonchev–Trinajstić information content (AvgIpc) is 2.54.